The number of amides is 1. The first kappa shape index (κ1) is 17.8. The second kappa shape index (κ2) is 8.89. The van der Waals surface area contributed by atoms with Gasteiger partial charge in [-0.25, -0.2) is 0 Å². The Morgan fingerprint density at radius 1 is 1.43 bits per heavy atom. The Morgan fingerprint density at radius 3 is 2.96 bits per heavy atom. The van der Waals surface area contributed by atoms with Gasteiger partial charge in [-0.2, -0.15) is 0 Å². The first-order valence-electron chi connectivity index (χ1n) is 8.42. The predicted octanol–water partition coefficient (Wildman–Crippen LogP) is 2.36. The van der Waals surface area contributed by atoms with Crippen molar-refractivity contribution < 1.29 is 14.3 Å². The van der Waals surface area contributed by atoms with E-state index < -0.39 is 0 Å². The highest BCUT2D eigenvalue weighted by Gasteiger charge is 2.20. The molecule has 0 radical (unpaired) electrons. The number of hydrogen-bond donors (Lipinski definition) is 1. The summed E-state index contributed by atoms with van der Waals surface area (Å²) in [6.07, 6.45) is 4.28. The van der Waals surface area contributed by atoms with Gasteiger partial charge in [0.1, 0.15) is 5.75 Å². The molecule has 5 heteroatoms. The molecule has 128 valence electrons. The quantitative estimate of drug-likeness (QED) is 0.783. The zero-order valence-corrected chi connectivity index (χ0v) is 14.2. The molecule has 1 amide bonds. The Balaban J connectivity index is 1.98. The normalized spacial score (nSPS) is 17.8. The fourth-order valence-electron chi connectivity index (χ4n) is 2.71. The number of ether oxygens (including phenoxy) is 2. The topological polar surface area (TPSA) is 64.8 Å². The van der Waals surface area contributed by atoms with Crippen LogP contribution in [0.3, 0.4) is 0 Å². The maximum Gasteiger partial charge on any atom is 0.253 e. The third-order valence-electron chi connectivity index (χ3n) is 4.14. The van der Waals surface area contributed by atoms with Crippen molar-refractivity contribution in [2.24, 2.45) is 5.73 Å². The summed E-state index contributed by atoms with van der Waals surface area (Å²) in [7, 11) is 1.83. The van der Waals surface area contributed by atoms with E-state index in [9.17, 15) is 4.79 Å². The fourth-order valence-corrected chi connectivity index (χ4v) is 2.71. The van der Waals surface area contributed by atoms with Crippen LogP contribution in [-0.4, -0.2) is 50.3 Å². The molecular weight excluding hydrogens is 292 g/mol. The number of benzene rings is 1. The lowest BCUT2D eigenvalue weighted by molar-refractivity contribution is -0.000192. The van der Waals surface area contributed by atoms with Gasteiger partial charge in [0.25, 0.3) is 5.91 Å². The van der Waals surface area contributed by atoms with Crippen molar-refractivity contribution in [1.29, 1.82) is 0 Å². The minimum atomic E-state index is 0.00264. The molecule has 0 bridgehead atoms. The third kappa shape index (κ3) is 5.22. The molecule has 1 fully saturated rings. The molecule has 0 spiro atoms. The van der Waals surface area contributed by atoms with Crippen LogP contribution in [0.1, 0.15) is 41.6 Å². The number of aryl methyl sites for hydroxylation is 1. The Morgan fingerprint density at radius 2 is 2.26 bits per heavy atom. The van der Waals surface area contributed by atoms with E-state index in [1.165, 1.54) is 6.42 Å². The molecular formula is C18H28N2O3. The number of carbonyl (C=O) groups is 1. The highest BCUT2D eigenvalue weighted by atomic mass is 16.5. The van der Waals surface area contributed by atoms with Gasteiger partial charge in [-0.05, 0) is 56.8 Å². The molecule has 0 aliphatic carbocycles. The highest BCUT2D eigenvalue weighted by Crippen LogP contribution is 2.21. The fraction of sp³-hybridized carbons (Fsp3) is 0.611. The maximum absolute atomic E-state index is 12.6. The highest BCUT2D eigenvalue weighted by molar-refractivity contribution is 5.94. The van der Waals surface area contributed by atoms with Crippen LogP contribution in [0.4, 0.5) is 0 Å². The van der Waals surface area contributed by atoms with Crippen LogP contribution in [-0.2, 0) is 4.74 Å². The predicted molar refractivity (Wildman–Crippen MR) is 90.9 cm³/mol. The molecule has 1 saturated heterocycles. The minimum absolute atomic E-state index is 0.00264. The monoisotopic (exact) mass is 320 g/mol. The average Bonchev–Trinajstić information content (AvgIpc) is 2.57. The molecule has 1 aromatic rings. The number of nitrogens with zero attached hydrogens (tertiary/aromatic N) is 1. The van der Waals surface area contributed by atoms with Crippen LogP contribution in [0.15, 0.2) is 18.2 Å². The Hall–Kier alpha value is -1.59. The van der Waals surface area contributed by atoms with E-state index in [4.69, 9.17) is 15.2 Å². The van der Waals surface area contributed by atoms with Crippen LogP contribution >= 0.6 is 0 Å². The maximum atomic E-state index is 12.6. The summed E-state index contributed by atoms with van der Waals surface area (Å²) in [6.45, 7) is 4.58. The van der Waals surface area contributed by atoms with Gasteiger partial charge in [0.15, 0.2) is 0 Å². The molecule has 2 N–H and O–H groups in total. The molecule has 1 heterocycles. The second-order valence-corrected chi connectivity index (χ2v) is 6.15. The van der Waals surface area contributed by atoms with Gasteiger partial charge in [0.05, 0.1) is 12.7 Å². The minimum Gasteiger partial charge on any atom is -0.493 e. The van der Waals surface area contributed by atoms with Crippen molar-refractivity contribution in [2.75, 3.05) is 33.4 Å². The number of nitrogens with two attached hydrogens (primary N) is 1. The molecule has 1 atom stereocenters. The standard InChI is InChI=1S/C18H28N2O3/c1-14-7-8-15(12-17(14)23-11-5-9-19)18(21)20(2)13-16-6-3-4-10-22-16/h7-8,12,16H,3-6,9-11,13,19H2,1-2H3/t16-/m0/s1. The Labute approximate surface area is 138 Å². The summed E-state index contributed by atoms with van der Waals surface area (Å²) in [5.41, 5.74) is 7.16. The Bertz CT molecular complexity index is 513. The lowest BCUT2D eigenvalue weighted by Gasteiger charge is -2.27. The molecule has 23 heavy (non-hydrogen) atoms. The summed E-state index contributed by atoms with van der Waals surface area (Å²) in [4.78, 5) is 14.3. The molecule has 0 saturated carbocycles. The molecule has 0 aromatic heterocycles. The second-order valence-electron chi connectivity index (χ2n) is 6.15. The molecule has 1 aromatic carbocycles. The zero-order valence-electron chi connectivity index (χ0n) is 14.2. The van der Waals surface area contributed by atoms with Crippen LogP contribution in [0.2, 0.25) is 0 Å². The van der Waals surface area contributed by atoms with E-state index in [1.54, 1.807) is 4.90 Å². The summed E-state index contributed by atoms with van der Waals surface area (Å²) in [5, 5.41) is 0. The van der Waals surface area contributed by atoms with E-state index in [2.05, 4.69) is 0 Å². The van der Waals surface area contributed by atoms with Gasteiger partial charge in [0, 0.05) is 25.8 Å². The summed E-state index contributed by atoms with van der Waals surface area (Å²) < 4.78 is 11.4. The van der Waals surface area contributed by atoms with Crippen molar-refractivity contribution in [3.8, 4) is 5.75 Å². The largest absolute Gasteiger partial charge is 0.493 e. The first-order chi connectivity index (χ1) is 11.1. The van der Waals surface area contributed by atoms with E-state index >= 15 is 0 Å². The van der Waals surface area contributed by atoms with Gasteiger partial charge in [-0.15, -0.1) is 0 Å². The number of rotatable bonds is 7. The summed E-state index contributed by atoms with van der Waals surface area (Å²) >= 11 is 0. The average molecular weight is 320 g/mol. The summed E-state index contributed by atoms with van der Waals surface area (Å²) in [6, 6.07) is 5.61. The Kier molecular flexibility index (Phi) is 6.86. The SMILES string of the molecule is Cc1ccc(C(=O)N(C)C[C@@H]2CCCCO2)cc1OCCCN. The van der Waals surface area contributed by atoms with Crippen LogP contribution in [0.5, 0.6) is 5.75 Å². The number of hydrogen-bond acceptors (Lipinski definition) is 4. The smallest absolute Gasteiger partial charge is 0.253 e. The van der Waals surface area contributed by atoms with Gasteiger partial charge < -0.3 is 20.1 Å². The first-order valence-corrected chi connectivity index (χ1v) is 8.42. The van der Waals surface area contributed by atoms with Crippen molar-refractivity contribution in [3.63, 3.8) is 0 Å². The van der Waals surface area contributed by atoms with Gasteiger partial charge in [0.2, 0.25) is 0 Å². The van der Waals surface area contributed by atoms with E-state index in [0.29, 0.717) is 25.3 Å². The summed E-state index contributed by atoms with van der Waals surface area (Å²) in [5.74, 6) is 0.759. The van der Waals surface area contributed by atoms with Crippen LogP contribution in [0.25, 0.3) is 0 Å². The van der Waals surface area contributed by atoms with E-state index in [0.717, 1.165) is 37.2 Å². The molecule has 5 nitrogen and oxygen atoms in total. The molecule has 1 aliphatic rings. The molecule has 1 aliphatic heterocycles. The van der Waals surface area contributed by atoms with Crippen molar-refractivity contribution >= 4 is 5.91 Å². The van der Waals surface area contributed by atoms with Crippen molar-refractivity contribution in [3.05, 3.63) is 29.3 Å². The molecule has 2 rings (SSSR count). The van der Waals surface area contributed by atoms with Crippen molar-refractivity contribution in [2.45, 2.75) is 38.7 Å². The lowest BCUT2D eigenvalue weighted by Crippen LogP contribution is -2.37. The van der Waals surface area contributed by atoms with Gasteiger partial charge >= 0.3 is 0 Å². The van der Waals surface area contributed by atoms with E-state index in [1.807, 2.05) is 32.2 Å². The zero-order chi connectivity index (χ0) is 16.7. The third-order valence-corrected chi connectivity index (χ3v) is 4.14. The van der Waals surface area contributed by atoms with Gasteiger partial charge in [-0.1, -0.05) is 6.07 Å². The van der Waals surface area contributed by atoms with Gasteiger partial charge in [-0.3, -0.25) is 4.79 Å². The van der Waals surface area contributed by atoms with Crippen molar-refractivity contribution in [1.82, 2.24) is 4.90 Å². The lowest BCUT2D eigenvalue weighted by atomic mass is 10.1. The number of likely N-dealkylation sites (N-methyl/N-ethyl adjacent to an activating group) is 1. The molecule has 0 unspecified atom stereocenters. The van der Waals surface area contributed by atoms with E-state index in [-0.39, 0.29) is 12.0 Å². The number of carbonyl (C=O) groups excluding carboxylic acids is 1. The van der Waals surface area contributed by atoms with Crippen LogP contribution < -0.4 is 10.5 Å². The van der Waals surface area contributed by atoms with Crippen LogP contribution in [0, 0.1) is 6.92 Å².